The van der Waals surface area contributed by atoms with E-state index in [0.717, 1.165) is 24.0 Å². The highest BCUT2D eigenvalue weighted by Crippen LogP contribution is 2.30. The number of rotatable bonds is 4. The molecule has 1 aliphatic rings. The summed E-state index contributed by atoms with van der Waals surface area (Å²) in [4.78, 5) is 12.6. The third-order valence-corrected chi connectivity index (χ3v) is 4.89. The molecule has 1 aliphatic carbocycles. The van der Waals surface area contributed by atoms with Gasteiger partial charge in [-0.15, -0.1) is 12.4 Å². The summed E-state index contributed by atoms with van der Waals surface area (Å²) < 4.78 is 13.3. The van der Waals surface area contributed by atoms with E-state index < -0.39 is 6.04 Å². The number of carbonyl (C=O) groups is 1. The van der Waals surface area contributed by atoms with Crippen LogP contribution in [0.2, 0.25) is 5.02 Å². The molecule has 0 spiro atoms. The predicted octanol–water partition coefficient (Wildman–Crippen LogP) is 4.23. The summed E-state index contributed by atoms with van der Waals surface area (Å²) >= 11 is 6.32. The molecule has 3 rings (SSSR count). The first-order chi connectivity index (χ1) is 11.5. The molecule has 1 amide bonds. The zero-order valence-corrected chi connectivity index (χ0v) is 15.2. The molecule has 2 aromatic rings. The molecule has 0 heterocycles. The Morgan fingerprint density at radius 2 is 1.84 bits per heavy atom. The van der Waals surface area contributed by atoms with Crippen LogP contribution >= 0.6 is 24.0 Å². The Morgan fingerprint density at radius 3 is 2.44 bits per heavy atom. The molecule has 3 atom stereocenters. The van der Waals surface area contributed by atoms with E-state index in [0.29, 0.717) is 11.4 Å². The number of benzene rings is 2. The number of hydrogen-bond acceptors (Lipinski definition) is 2. The van der Waals surface area contributed by atoms with Crippen molar-refractivity contribution >= 4 is 29.9 Å². The zero-order valence-electron chi connectivity index (χ0n) is 13.6. The van der Waals surface area contributed by atoms with Crippen LogP contribution in [-0.4, -0.2) is 11.9 Å². The number of halogens is 3. The van der Waals surface area contributed by atoms with Gasteiger partial charge in [-0.25, -0.2) is 4.39 Å². The van der Waals surface area contributed by atoms with E-state index in [1.54, 1.807) is 18.2 Å². The van der Waals surface area contributed by atoms with Crippen molar-refractivity contribution in [1.29, 1.82) is 0 Å². The lowest BCUT2D eigenvalue weighted by Gasteiger charge is -2.23. The maximum atomic E-state index is 13.3. The van der Waals surface area contributed by atoms with Crippen molar-refractivity contribution in [3.63, 3.8) is 0 Å². The molecular weight excluding hydrogens is 362 g/mol. The standard InChI is InChI=1S/C19H20ClFN2O.ClH/c20-17-4-2-1-3-16(17)18(12-5-8-14(21)9-6-12)23-19(24)13-7-10-15(22)11-13;/h1-6,8-9,13,15,18H,7,10-11,22H2,(H,23,24);1H. The minimum absolute atomic E-state index is 0. The summed E-state index contributed by atoms with van der Waals surface area (Å²) in [5.74, 6) is -0.424. The van der Waals surface area contributed by atoms with E-state index in [9.17, 15) is 9.18 Å². The van der Waals surface area contributed by atoms with E-state index in [1.165, 1.54) is 12.1 Å². The van der Waals surface area contributed by atoms with Crippen molar-refractivity contribution in [1.82, 2.24) is 5.32 Å². The molecule has 3 nitrogen and oxygen atoms in total. The van der Waals surface area contributed by atoms with Gasteiger partial charge in [0.25, 0.3) is 0 Å². The molecule has 1 fully saturated rings. The van der Waals surface area contributed by atoms with Gasteiger partial charge < -0.3 is 11.1 Å². The largest absolute Gasteiger partial charge is 0.345 e. The van der Waals surface area contributed by atoms with Crippen LogP contribution in [0.4, 0.5) is 4.39 Å². The molecule has 3 unspecified atom stereocenters. The molecule has 3 N–H and O–H groups in total. The summed E-state index contributed by atoms with van der Waals surface area (Å²) in [5.41, 5.74) is 7.50. The van der Waals surface area contributed by atoms with Gasteiger partial charge in [-0.2, -0.15) is 0 Å². The van der Waals surface area contributed by atoms with Crippen LogP contribution in [0.5, 0.6) is 0 Å². The number of carbonyl (C=O) groups excluding carboxylic acids is 1. The molecule has 2 aromatic carbocycles. The summed E-state index contributed by atoms with van der Waals surface area (Å²) in [7, 11) is 0. The maximum absolute atomic E-state index is 13.3. The van der Waals surface area contributed by atoms with Crippen molar-refractivity contribution in [2.75, 3.05) is 0 Å². The van der Waals surface area contributed by atoms with E-state index in [1.807, 2.05) is 18.2 Å². The van der Waals surface area contributed by atoms with Crippen LogP contribution in [0.1, 0.15) is 36.4 Å². The van der Waals surface area contributed by atoms with Gasteiger partial charge in [0.05, 0.1) is 6.04 Å². The van der Waals surface area contributed by atoms with E-state index in [4.69, 9.17) is 17.3 Å². The van der Waals surface area contributed by atoms with Crippen molar-refractivity contribution in [2.24, 2.45) is 11.7 Å². The van der Waals surface area contributed by atoms with Gasteiger partial charge >= 0.3 is 0 Å². The van der Waals surface area contributed by atoms with Gasteiger partial charge in [-0.1, -0.05) is 41.9 Å². The predicted molar refractivity (Wildman–Crippen MR) is 100 cm³/mol. The van der Waals surface area contributed by atoms with Crippen molar-refractivity contribution in [3.05, 3.63) is 70.5 Å². The number of nitrogens with one attached hydrogen (secondary N) is 1. The normalized spacial score (nSPS) is 20.6. The molecule has 0 aromatic heterocycles. The summed E-state index contributed by atoms with van der Waals surface area (Å²) in [6, 6.07) is 13.2. The average molecular weight is 383 g/mol. The van der Waals surface area contributed by atoms with Crippen LogP contribution in [0.25, 0.3) is 0 Å². The Bertz CT molecular complexity index is 724. The van der Waals surface area contributed by atoms with Gasteiger partial charge in [0.15, 0.2) is 0 Å². The molecule has 6 heteroatoms. The highest BCUT2D eigenvalue weighted by atomic mass is 35.5. The third-order valence-electron chi connectivity index (χ3n) is 4.55. The lowest BCUT2D eigenvalue weighted by Crippen LogP contribution is -2.34. The first-order valence-corrected chi connectivity index (χ1v) is 8.48. The monoisotopic (exact) mass is 382 g/mol. The van der Waals surface area contributed by atoms with Crippen LogP contribution in [0, 0.1) is 11.7 Å². The van der Waals surface area contributed by atoms with Gasteiger partial charge in [-0.3, -0.25) is 4.79 Å². The SMILES string of the molecule is Cl.NC1CCC(C(=O)NC(c2ccc(F)cc2)c2ccccc2Cl)C1. The second-order valence-electron chi connectivity index (χ2n) is 6.28. The summed E-state index contributed by atoms with van der Waals surface area (Å²) in [5, 5.41) is 3.64. The topological polar surface area (TPSA) is 55.1 Å². The lowest BCUT2D eigenvalue weighted by atomic mass is 9.97. The average Bonchev–Trinajstić information content (AvgIpc) is 3.01. The Hall–Kier alpha value is -1.62. The Morgan fingerprint density at radius 1 is 1.16 bits per heavy atom. The van der Waals surface area contributed by atoms with Gasteiger partial charge in [0.1, 0.15) is 5.82 Å². The van der Waals surface area contributed by atoms with Crippen molar-refractivity contribution < 1.29 is 9.18 Å². The van der Waals surface area contributed by atoms with Gasteiger partial charge in [-0.05, 0) is 48.6 Å². The molecule has 0 bridgehead atoms. The molecule has 0 radical (unpaired) electrons. The Balaban J connectivity index is 0.00000225. The first kappa shape index (κ1) is 19.7. The Kier molecular flexibility index (Phi) is 6.82. The van der Waals surface area contributed by atoms with Crippen LogP contribution in [0.3, 0.4) is 0 Å². The van der Waals surface area contributed by atoms with Gasteiger partial charge in [0.2, 0.25) is 5.91 Å². The fourth-order valence-electron chi connectivity index (χ4n) is 3.22. The van der Waals surface area contributed by atoms with Crippen LogP contribution in [-0.2, 0) is 4.79 Å². The molecule has 25 heavy (non-hydrogen) atoms. The summed E-state index contributed by atoms with van der Waals surface area (Å²) in [6.07, 6.45) is 2.36. The molecule has 0 saturated heterocycles. The molecule has 0 aliphatic heterocycles. The summed E-state index contributed by atoms with van der Waals surface area (Å²) in [6.45, 7) is 0. The molecular formula is C19H21Cl2FN2O. The Labute approximate surface area is 158 Å². The zero-order chi connectivity index (χ0) is 17.1. The highest BCUT2D eigenvalue weighted by Gasteiger charge is 2.30. The second kappa shape index (κ2) is 8.65. The highest BCUT2D eigenvalue weighted by molar-refractivity contribution is 6.31. The fourth-order valence-corrected chi connectivity index (χ4v) is 3.46. The van der Waals surface area contributed by atoms with Crippen molar-refractivity contribution in [2.45, 2.75) is 31.3 Å². The number of hydrogen-bond donors (Lipinski definition) is 2. The second-order valence-corrected chi connectivity index (χ2v) is 6.69. The minimum atomic E-state index is -0.413. The fraction of sp³-hybridized carbons (Fsp3) is 0.316. The number of nitrogens with two attached hydrogens (primary N) is 1. The quantitative estimate of drug-likeness (QED) is 0.830. The maximum Gasteiger partial charge on any atom is 0.223 e. The molecule has 1 saturated carbocycles. The lowest BCUT2D eigenvalue weighted by molar-refractivity contribution is -0.125. The van der Waals surface area contributed by atoms with Gasteiger partial charge in [0, 0.05) is 17.0 Å². The number of amides is 1. The molecule has 134 valence electrons. The van der Waals surface area contributed by atoms with Crippen LogP contribution in [0.15, 0.2) is 48.5 Å². The smallest absolute Gasteiger partial charge is 0.223 e. The van der Waals surface area contributed by atoms with Crippen molar-refractivity contribution in [3.8, 4) is 0 Å². The third kappa shape index (κ3) is 4.72. The minimum Gasteiger partial charge on any atom is -0.345 e. The van der Waals surface area contributed by atoms with E-state index >= 15 is 0 Å². The van der Waals surface area contributed by atoms with E-state index in [-0.39, 0.29) is 36.1 Å². The first-order valence-electron chi connectivity index (χ1n) is 8.10. The van der Waals surface area contributed by atoms with E-state index in [2.05, 4.69) is 5.32 Å². The van der Waals surface area contributed by atoms with Crippen LogP contribution < -0.4 is 11.1 Å².